The predicted octanol–water partition coefficient (Wildman–Crippen LogP) is 5.67. The van der Waals surface area contributed by atoms with Crippen molar-refractivity contribution in [2.24, 2.45) is 4.99 Å². The Labute approximate surface area is 126 Å². The third kappa shape index (κ3) is 4.65. The van der Waals surface area contributed by atoms with Crippen molar-refractivity contribution in [3.8, 4) is 0 Å². The lowest BCUT2D eigenvalue weighted by atomic mass is 10.1. The SMILES string of the molecule is Cc1ccccc1C=Nc1cccc(S[Si](C)(C)C)c1. The highest BCUT2D eigenvalue weighted by molar-refractivity contribution is 8.28. The second-order valence-corrected chi connectivity index (χ2v) is 15.0. The first kappa shape index (κ1) is 15.1. The largest absolute Gasteiger partial charge is 0.256 e. The van der Waals surface area contributed by atoms with Crippen LogP contribution in [0.15, 0.2) is 58.4 Å². The molecule has 0 radical (unpaired) electrons. The van der Waals surface area contributed by atoms with Crippen molar-refractivity contribution < 1.29 is 0 Å². The third-order valence-corrected chi connectivity index (χ3v) is 6.43. The van der Waals surface area contributed by atoms with Crippen molar-refractivity contribution >= 4 is 30.3 Å². The van der Waals surface area contributed by atoms with E-state index >= 15 is 0 Å². The van der Waals surface area contributed by atoms with Crippen LogP contribution >= 0.6 is 11.2 Å². The molecule has 2 aromatic rings. The summed E-state index contributed by atoms with van der Waals surface area (Å²) in [5.74, 6) is 0. The van der Waals surface area contributed by atoms with Gasteiger partial charge in [0.15, 0.2) is 0 Å². The van der Waals surface area contributed by atoms with Crippen LogP contribution in [0.3, 0.4) is 0 Å². The number of hydrogen-bond acceptors (Lipinski definition) is 2. The Balaban J connectivity index is 2.18. The predicted molar refractivity (Wildman–Crippen MR) is 94.1 cm³/mol. The minimum atomic E-state index is -1.15. The first-order valence-electron chi connectivity index (χ1n) is 6.83. The van der Waals surface area contributed by atoms with Gasteiger partial charge in [0.2, 0.25) is 0 Å². The molecule has 0 fully saturated rings. The minimum Gasteiger partial charge on any atom is -0.256 e. The molecule has 0 aliphatic heterocycles. The van der Waals surface area contributed by atoms with Crippen molar-refractivity contribution in [2.75, 3.05) is 0 Å². The fourth-order valence-corrected chi connectivity index (χ4v) is 5.39. The van der Waals surface area contributed by atoms with Gasteiger partial charge in [0.05, 0.1) is 5.69 Å². The quantitative estimate of drug-likeness (QED) is 0.523. The molecule has 0 spiro atoms. The van der Waals surface area contributed by atoms with E-state index in [4.69, 9.17) is 0 Å². The molecule has 0 aliphatic rings. The average Bonchev–Trinajstić information content (AvgIpc) is 2.36. The van der Waals surface area contributed by atoms with Gasteiger partial charge in [-0.15, -0.1) is 0 Å². The van der Waals surface area contributed by atoms with Crippen molar-refractivity contribution in [1.29, 1.82) is 0 Å². The van der Waals surface area contributed by atoms with E-state index in [9.17, 15) is 0 Å². The van der Waals surface area contributed by atoms with E-state index < -0.39 is 7.22 Å². The Morgan fingerprint density at radius 3 is 2.45 bits per heavy atom. The molecule has 2 rings (SSSR count). The molecular weight excluding hydrogens is 278 g/mol. The van der Waals surface area contributed by atoms with Crippen molar-refractivity contribution in [3.63, 3.8) is 0 Å². The summed E-state index contributed by atoms with van der Waals surface area (Å²) in [6.45, 7) is 9.20. The van der Waals surface area contributed by atoms with Gasteiger partial charge in [-0.1, -0.05) is 50.0 Å². The molecule has 3 heteroatoms. The van der Waals surface area contributed by atoms with Gasteiger partial charge in [-0.3, -0.25) is 4.99 Å². The zero-order chi connectivity index (χ0) is 14.6. The second kappa shape index (κ2) is 6.42. The van der Waals surface area contributed by atoms with E-state index in [0.717, 1.165) is 5.69 Å². The van der Waals surface area contributed by atoms with Gasteiger partial charge >= 0.3 is 0 Å². The lowest BCUT2D eigenvalue weighted by Gasteiger charge is -2.15. The van der Waals surface area contributed by atoms with E-state index in [2.05, 4.69) is 74.0 Å². The smallest absolute Gasteiger partial charge is 0.114 e. The molecule has 0 bridgehead atoms. The first-order valence-corrected chi connectivity index (χ1v) is 11.9. The number of aliphatic imine (C=N–C) groups is 1. The van der Waals surface area contributed by atoms with Gasteiger partial charge < -0.3 is 0 Å². The molecule has 104 valence electrons. The Hall–Kier alpha value is -1.32. The molecule has 0 saturated carbocycles. The first-order chi connectivity index (χ1) is 9.44. The maximum absolute atomic E-state index is 4.61. The fourth-order valence-electron chi connectivity index (χ4n) is 1.86. The summed E-state index contributed by atoms with van der Waals surface area (Å²) < 4.78 is 0. The fraction of sp³-hybridized carbons (Fsp3) is 0.235. The Morgan fingerprint density at radius 2 is 1.75 bits per heavy atom. The van der Waals surface area contributed by atoms with Gasteiger partial charge in [-0.25, -0.2) is 0 Å². The van der Waals surface area contributed by atoms with E-state index in [0.29, 0.717) is 0 Å². The molecule has 1 nitrogen and oxygen atoms in total. The summed E-state index contributed by atoms with van der Waals surface area (Å²) in [5, 5.41) is 0. The molecule has 0 saturated heterocycles. The van der Waals surface area contributed by atoms with E-state index in [1.165, 1.54) is 16.0 Å². The monoisotopic (exact) mass is 299 g/mol. The highest BCUT2D eigenvalue weighted by Crippen LogP contribution is 2.31. The average molecular weight is 300 g/mol. The van der Waals surface area contributed by atoms with Crippen LogP contribution in [0.25, 0.3) is 0 Å². The van der Waals surface area contributed by atoms with Crippen molar-refractivity contribution in [3.05, 3.63) is 59.7 Å². The van der Waals surface area contributed by atoms with Crippen LogP contribution in [0.5, 0.6) is 0 Å². The molecule has 0 unspecified atom stereocenters. The summed E-state index contributed by atoms with van der Waals surface area (Å²) in [7, 11) is -1.15. The number of rotatable bonds is 4. The second-order valence-electron chi connectivity index (χ2n) is 5.83. The minimum absolute atomic E-state index is 1.02. The summed E-state index contributed by atoms with van der Waals surface area (Å²) >= 11 is 2.00. The van der Waals surface area contributed by atoms with E-state index in [1.54, 1.807) is 0 Å². The summed E-state index contributed by atoms with van der Waals surface area (Å²) in [4.78, 5) is 5.93. The Kier molecular flexibility index (Phi) is 4.84. The molecule has 20 heavy (non-hydrogen) atoms. The summed E-state index contributed by atoms with van der Waals surface area (Å²) in [5.41, 5.74) is 3.45. The van der Waals surface area contributed by atoms with Crippen LogP contribution in [-0.4, -0.2) is 13.4 Å². The molecule has 0 N–H and O–H groups in total. The number of benzene rings is 2. The van der Waals surface area contributed by atoms with Gasteiger partial charge in [-0.2, -0.15) is 11.2 Å². The van der Waals surface area contributed by atoms with Gasteiger partial charge in [-0.05, 0) is 36.2 Å². The molecular formula is C17H21NSSi. The summed E-state index contributed by atoms with van der Waals surface area (Å²) in [6.07, 6.45) is 1.95. The van der Waals surface area contributed by atoms with Crippen LogP contribution < -0.4 is 0 Å². The summed E-state index contributed by atoms with van der Waals surface area (Å²) in [6, 6.07) is 16.8. The molecule has 0 heterocycles. The van der Waals surface area contributed by atoms with Crippen LogP contribution in [-0.2, 0) is 0 Å². The highest BCUT2D eigenvalue weighted by Gasteiger charge is 2.14. The van der Waals surface area contributed by atoms with Crippen LogP contribution in [0.4, 0.5) is 5.69 Å². The van der Waals surface area contributed by atoms with Gasteiger partial charge in [0.25, 0.3) is 0 Å². The Morgan fingerprint density at radius 1 is 1.00 bits per heavy atom. The maximum atomic E-state index is 4.61. The van der Waals surface area contributed by atoms with Crippen LogP contribution in [0, 0.1) is 6.92 Å². The number of nitrogens with zero attached hydrogens (tertiary/aromatic N) is 1. The maximum Gasteiger partial charge on any atom is 0.114 e. The Bertz CT molecular complexity index is 614. The highest BCUT2D eigenvalue weighted by atomic mass is 32.4. The van der Waals surface area contributed by atoms with Gasteiger partial charge in [0.1, 0.15) is 7.22 Å². The lowest BCUT2D eigenvalue weighted by molar-refractivity contribution is 1.40. The number of hydrogen-bond donors (Lipinski definition) is 0. The van der Waals surface area contributed by atoms with Gasteiger partial charge in [0, 0.05) is 11.1 Å². The van der Waals surface area contributed by atoms with Crippen LogP contribution in [0.2, 0.25) is 19.6 Å². The molecule has 0 amide bonds. The molecule has 0 aliphatic carbocycles. The zero-order valence-electron chi connectivity index (χ0n) is 12.6. The zero-order valence-corrected chi connectivity index (χ0v) is 14.4. The van der Waals surface area contributed by atoms with E-state index in [-0.39, 0.29) is 0 Å². The third-order valence-electron chi connectivity index (χ3n) is 2.78. The molecule has 2 aromatic carbocycles. The van der Waals surface area contributed by atoms with Crippen LogP contribution in [0.1, 0.15) is 11.1 Å². The lowest BCUT2D eigenvalue weighted by Crippen LogP contribution is -2.13. The van der Waals surface area contributed by atoms with E-state index in [1.807, 2.05) is 23.5 Å². The van der Waals surface area contributed by atoms with Crippen molar-refractivity contribution in [1.82, 2.24) is 0 Å². The normalized spacial score (nSPS) is 12.0. The van der Waals surface area contributed by atoms with Crippen molar-refractivity contribution in [2.45, 2.75) is 31.5 Å². The molecule has 0 aromatic heterocycles. The molecule has 0 atom stereocenters. The topological polar surface area (TPSA) is 12.4 Å². The standard InChI is InChI=1S/C17H21NSSi/c1-14-8-5-6-9-15(14)13-18-16-10-7-11-17(12-16)19-20(2,3)4/h5-13H,1-4H3. The number of aryl methyl sites for hydroxylation is 1.